The van der Waals surface area contributed by atoms with E-state index in [1.807, 2.05) is 36.4 Å². The van der Waals surface area contributed by atoms with Crippen LogP contribution in [0.15, 0.2) is 48.5 Å². The molecule has 0 saturated heterocycles. The summed E-state index contributed by atoms with van der Waals surface area (Å²) in [5.74, 6) is 1.16. The van der Waals surface area contributed by atoms with Crippen molar-refractivity contribution in [2.45, 2.75) is 65.2 Å². The molecule has 0 heterocycles. The zero-order valence-electron chi connectivity index (χ0n) is 17.8. The van der Waals surface area contributed by atoms with Crippen LogP contribution in [-0.2, 0) is 0 Å². The molecule has 2 aromatic rings. The number of unbranched alkanes of at least 4 members (excludes halogenated alkanes) is 6. The van der Waals surface area contributed by atoms with Crippen LogP contribution in [0.3, 0.4) is 0 Å². The van der Waals surface area contributed by atoms with Gasteiger partial charge < -0.3 is 14.2 Å². The molecule has 4 heteroatoms. The van der Waals surface area contributed by atoms with E-state index >= 15 is 0 Å². The van der Waals surface area contributed by atoms with Gasteiger partial charge in [0.1, 0.15) is 11.3 Å². The second-order valence-electron chi connectivity index (χ2n) is 7.15. The first-order chi connectivity index (χ1) is 14.3. The van der Waals surface area contributed by atoms with Gasteiger partial charge in [-0.15, -0.1) is 0 Å². The zero-order chi connectivity index (χ0) is 20.7. The molecule has 0 radical (unpaired) electrons. The van der Waals surface area contributed by atoms with Crippen LogP contribution in [0, 0.1) is 0 Å². The Morgan fingerprint density at radius 2 is 1.17 bits per heavy atom. The number of carbonyl (C=O) groups excluding carboxylic acids is 1. The molecule has 0 amide bonds. The number of benzene rings is 2. The fourth-order valence-electron chi connectivity index (χ4n) is 2.99. The molecule has 0 aliphatic rings. The van der Waals surface area contributed by atoms with Gasteiger partial charge in [0.2, 0.25) is 0 Å². The summed E-state index contributed by atoms with van der Waals surface area (Å²) in [5.41, 5.74) is 0.431. The fourth-order valence-corrected chi connectivity index (χ4v) is 2.99. The van der Waals surface area contributed by atoms with Crippen molar-refractivity contribution in [3.8, 4) is 17.2 Å². The van der Waals surface area contributed by atoms with Crippen molar-refractivity contribution in [2.75, 3.05) is 13.2 Å². The Morgan fingerprint density at radius 3 is 1.79 bits per heavy atom. The van der Waals surface area contributed by atoms with Gasteiger partial charge in [-0.05, 0) is 37.1 Å². The van der Waals surface area contributed by atoms with E-state index in [2.05, 4.69) is 13.8 Å². The molecule has 2 aromatic carbocycles. The van der Waals surface area contributed by atoms with E-state index in [0.29, 0.717) is 36.0 Å². The minimum absolute atomic E-state index is 0.431. The molecule has 158 valence electrons. The largest absolute Gasteiger partial charge is 0.493 e. The highest BCUT2D eigenvalue weighted by Gasteiger charge is 2.16. The number of carbonyl (C=O) groups is 1. The third kappa shape index (κ3) is 8.18. The number of rotatable bonds is 14. The van der Waals surface area contributed by atoms with Crippen LogP contribution >= 0.6 is 0 Å². The van der Waals surface area contributed by atoms with E-state index in [4.69, 9.17) is 14.2 Å². The van der Waals surface area contributed by atoms with Crippen molar-refractivity contribution >= 4 is 5.97 Å². The first kappa shape index (κ1) is 22.8. The lowest BCUT2D eigenvalue weighted by Gasteiger charge is -2.13. The van der Waals surface area contributed by atoms with Crippen LogP contribution in [0.2, 0.25) is 0 Å². The first-order valence-electron chi connectivity index (χ1n) is 10.9. The van der Waals surface area contributed by atoms with Gasteiger partial charge in [0, 0.05) is 0 Å². The van der Waals surface area contributed by atoms with Gasteiger partial charge >= 0.3 is 5.97 Å². The van der Waals surface area contributed by atoms with Crippen molar-refractivity contribution in [1.82, 2.24) is 0 Å². The average molecular weight is 399 g/mol. The van der Waals surface area contributed by atoms with E-state index in [1.54, 1.807) is 12.1 Å². The zero-order valence-corrected chi connectivity index (χ0v) is 17.8. The highest BCUT2D eigenvalue weighted by atomic mass is 16.6. The third-order valence-electron chi connectivity index (χ3n) is 4.67. The highest BCUT2D eigenvalue weighted by Crippen LogP contribution is 2.29. The maximum atomic E-state index is 12.8. The molecule has 0 unspecified atom stereocenters. The Balaban J connectivity index is 1.96. The Kier molecular flexibility index (Phi) is 10.7. The molecule has 0 bridgehead atoms. The van der Waals surface area contributed by atoms with Crippen LogP contribution in [-0.4, -0.2) is 19.2 Å². The van der Waals surface area contributed by atoms with Crippen LogP contribution < -0.4 is 14.2 Å². The van der Waals surface area contributed by atoms with Crippen molar-refractivity contribution in [1.29, 1.82) is 0 Å². The summed E-state index contributed by atoms with van der Waals surface area (Å²) < 4.78 is 17.3. The van der Waals surface area contributed by atoms with Crippen molar-refractivity contribution in [3.05, 3.63) is 54.1 Å². The molecule has 0 atom stereocenters. The fraction of sp³-hybridized carbons (Fsp3) is 0.480. The Bertz CT molecular complexity index is 726. The lowest BCUT2D eigenvalue weighted by atomic mass is 10.2. The van der Waals surface area contributed by atoms with Crippen LogP contribution in [0.1, 0.15) is 75.6 Å². The predicted molar refractivity (Wildman–Crippen MR) is 117 cm³/mol. The van der Waals surface area contributed by atoms with Crippen molar-refractivity contribution in [2.24, 2.45) is 0 Å². The van der Waals surface area contributed by atoms with Gasteiger partial charge in [0.15, 0.2) is 11.5 Å². The quantitative estimate of drug-likeness (QED) is 0.199. The summed E-state index contributed by atoms with van der Waals surface area (Å²) in [6.45, 7) is 5.58. The summed E-state index contributed by atoms with van der Waals surface area (Å²) in [7, 11) is 0. The van der Waals surface area contributed by atoms with Gasteiger partial charge in [-0.25, -0.2) is 4.79 Å². The Morgan fingerprint density at radius 1 is 0.655 bits per heavy atom. The predicted octanol–water partition coefficient (Wildman–Crippen LogP) is 6.82. The van der Waals surface area contributed by atoms with E-state index in [1.165, 1.54) is 25.7 Å². The lowest BCUT2D eigenvalue weighted by Crippen LogP contribution is -2.12. The average Bonchev–Trinajstić information content (AvgIpc) is 2.75. The second kappa shape index (κ2) is 13.6. The molecular formula is C25H34O4. The van der Waals surface area contributed by atoms with Gasteiger partial charge in [-0.1, -0.05) is 76.6 Å². The lowest BCUT2D eigenvalue weighted by molar-refractivity contribution is 0.0723. The SMILES string of the molecule is CCCCCCOc1ccccc1OC(=O)c1ccccc1OCCCCCC. The Labute approximate surface area is 175 Å². The number of hydrogen-bond donors (Lipinski definition) is 0. The second-order valence-corrected chi connectivity index (χ2v) is 7.15. The number of para-hydroxylation sites is 3. The maximum absolute atomic E-state index is 12.8. The molecular weight excluding hydrogens is 364 g/mol. The molecule has 0 aromatic heterocycles. The summed E-state index contributed by atoms with van der Waals surface area (Å²) >= 11 is 0. The van der Waals surface area contributed by atoms with Crippen LogP contribution in [0.25, 0.3) is 0 Å². The van der Waals surface area contributed by atoms with E-state index in [9.17, 15) is 4.79 Å². The summed E-state index contributed by atoms with van der Waals surface area (Å²) in [6.07, 6.45) is 9.01. The number of esters is 1. The van der Waals surface area contributed by atoms with Crippen molar-refractivity contribution in [3.63, 3.8) is 0 Å². The summed E-state index contributed by atoms with van der Waals surface area (Å²) in [5, 5.41) is 0. The van der Waals surface area contributed by atoms with Gasteiger partial charge in [-0.3, -0.25) is 0 Å². The van der Waals surface area contributed by atoms with E-state index in [-0.39, 0.29) is 0 Å². The van der Waals surface area contributed by atoms with E-state index in [0.717, 1.165) is 25.7 Å². The van der Waals surface area contributed by atoms with Gasteiger partial charge in [0.25, 0.3) is 0 Å². The third-order valence-corrected chi connectivity index (χ3v) is 4.67. The molecule has 4 nitrogen and oxygen atoms in total. The van der Waals surface area contributed by atoms with Crippen LogP contribution in [0.5, 0.6) is 17.2 Å². The molecule has 29 heavy (non-hydrogen) atoms. The molecule has 0 N–H and O–H groups in total. The minimum Gasteiger partial charge on any atom is -0.493 e. The molecule has 0 fully saturated rings. The molecule has 0 spiro atoms. The summed E-state index contributed by atoms with van der Waals surface area (Å²) in [6, 6.07) is 14.5. The number of ether oxygens (including phenoxy) is 3. The maximum Gasteiger partial charge on any atom is 0.347 e. The molecule has 0 aliphatic carbocycles. The minimum atomic E-state index is -0.434. The van der Waals surface area contributed by atoms with Gasteiger partial charge in [-0.2, -0.15) is 0 Å². The standard InChI is InChI=1S/C25H34O4/c1-3-5-7-13-19-27-22-16-10-9-15-21(22)25(26)29-24-18-12-11-17-23(24)28-20-14-8-6-4-2/h9-12,15-18H,3-8,13-14,19-20H2,1-2H3. The molecule has 0 saturated carbocycles. The van der Waals surface area contributed by atoms with Gasteiger partial charge in [0.05, 0.1) is 13.2 Å². The van der Waals surface area contributed by atoms with Crippen LogP contribution in [0.4, 0.5) is 0 Å². The summed E-state index contributed by atoms with van der Waals surface area (Å²) in [4.78, 5) is 12.8. The van der Waals surface area contributed by atoms with E-state index < -0.39 is 5.97 Å². The molecule has 2 rings (SSSR count). The topological polar surface area (TPSA) is 44.8 Å². The Hall–Kier alpha value is -2.49. The normalized spacial score (nSPS) is 10.6. The monoisotopic (exact) mass is 398 g/mol. The first-order valence-corrected chi connectivity index (χ1v) is 10.9. The number of hydrogen-bond acceptors (Lipinski definition) is 4. The van der Waals surface area contributed by atoms with Crippen molar-refractivity contribution < 1.29 is 19.0 Å². The highest BCUT2D eigenvalue weighted by molar-refractivity contribution is 5.94. The smallest absolute Gasteiger partial charge is 0.347 e. The molecule has 0 aliphatic heterocycles.